The number of rotatable bonds is 5. The van der Waals surface area contributed by atoms with Crippen molar-refractivity contribution in [3.05, 3.63) is 84.3 Å². The number of carbonyl (C=O) groups excluding carboxylic acids is 1. The van der Waals surface area contributed by atoms with E-state index in [1.165, 1.54) is 6.08 Å². The van der Waals surface area contributed by atoms with Gasteiger partial charge in [0, 0.05) is 24.4 Å². The van der Waals surface area contributed by atoms with E-state index in [1.54, 1.807) is 6.08 Å². The van der Waals surface area contributed by atoms with Crippen molar-refractivity contribution in [3.63, 3.8) is 0 Å². The molecule has 0 aliphatic heterocycles. The Morgan fingerprint density at radius 1 is 1.11 bits per heavy atom. The first-order chi connectivity index (χ1) is 12.9. The molecule has 3 aromatic rings. The van der Waals surface area contributed by atoms with Crippen LogP contribution in [0, 0.1) is 0 Å². The molecule has 0 radical (unpaired) electrons. The number of esters is 1. The van der Waals surface area contributed by atoms with Crippen molar-refractivity contribution in [2.24, 2.45) is 0 Å². The number of nitrogens with zero attached hydrogens (tertiary/aromatic N) is 2. The Bertz CT molecular complexity index is 934. The van der Waals surface area contributed by atoms with Crippen LogP contribution in [0.4, 0.5) is 0 Å². The number of hydrogen-bond donors (Lipinski definition) is 0. The van der Waals surface area contributed by atoms with Gasteiger partial charge in [-0.25, -0.2) is 9.78 Å². The van der Waals surface area contributed by atoms with Crippen LogP contribution in [-0.4, -0.2) is 21.1 Å². The summed E-state index contributed by atoms with van der Waals surface area (Å²) in [6.45, 7) is 6.28. The quantitative estimate of drug-likeness (QED) is 0.477. The van der Waals surface area contributed by atoms with Crippen molar-refractivity contribution in [1.82, 2.24) is 9.55 Å². The van der Waals surface area contributed by atoms with Gasteiger partial charge < -0.3 is 9.30 Å². The third-order valence-electron chi connectivity index (χ3n) is 3.84. The van der Waals surface area contributed by atoms with E-state index in [9.17, 15) is 4.79 Å². The fourth-order valence-electron chi connectivity index (χ4n) is 2.71. The van der Waals surface area contributed by atoms with Gasteiger partial charge in [0.05, 0.1) is 12.0 Å². The zero-order chi connectivity index (χ0) is 19.3. The molecule has 0 saturated carbocycles. The maximum absolute atomic E-state index is 11.8. The Morgan fingerprint density at radius 3 is 2.63 bits per heavy atom. The fraction of sp³-hybridized carbons (Fsp3) is 0.217. The Hall–Kier alpha value is -3.14. The summed E-state index contributed by atoms with van der Waals surface area (Å²) in [6, 6.07) is 18.2. The maximum Gasteiger partial charge on any atom is 0.331 e. The van der Waals surface area contributed by atoms with E-state index in [-0.39, 0.29) is 5.97 Å². The molecule has 1 heterocycles. The van der Waals surface area contributed by atoms with Gasteiger partial charge in [0.2, 0.25) is 0 Å². The molecule has 0 aliphatic rings. The lowest BCUT2D eigenvalue weighted by Gasteiger charge is -2.17. The van der Waals surface area contributed by atoms with E-state index in [2.05, 4.69) is 33.8 Å². The number of carbonyl (C=O) groups is 1. The number of imidazole rings is 1. The Balaban J connectivity index is 1.68. The predicted molar refractivity (Wildman–Crippen MR) is 108 cm³/mol. The van der Waals surface area contributed by atoms with Crippen molar-refractivity contribution in [3.8, 4) is 11.3 Å². The largest absolute Gasteiger partial charge is 0.457 e. The fourth-order valence-corrected chi connectivity index (χ4v) is 2.71. The van der Waals surface area contributed by atoms with Gasteiger partial charge in [-0.05, 0) is 44.0 Å². The van der Waals surface area contributed by atoms with Crippen molar-refractivity contribution in [2.45, 2.75) is 32.9 Å². The van der Waals surface area contributed by atoms with Gasteiger partial charge in [-0.3, -0.25) is 0 Å². The number of ether oxygens (including phenoxy) is 1. The highest BCUT2D eigenvalue weighted by molar-refractivity contribution is 5.87. The second-order valence-electron chi connectivity index (χ2n) is 7.41. The smallest absolute Gasteiger partial charge is 0.331 e. The molecule has 1 aromatic heterocycles. The van der Waals surface area contributed by atoms with Crippen molar-refractivity contribution in [1.29, 1.82) is 0 Å². The standard InChI is InChI=1S/C23H24N2O2/c1-23(2,3)27-22(26)13-12-18-8-7-9-19(14-18)15-25-16-21(24-17-25)20-10-5-4-6-11-20/h4-14,16-17H,15H2,1-3H3/b13-12+. The number of benzene rings is 2. The maximum atomic E-state index is 11.8. The van der Waals surface area contributed by atoms with Crippen molar-refractivity contribution >= 4 is 12.0 Å². The molecule has 0 spiro atoms. The molecule has 0 N–H and O–H groups in total. The normalized spacial score (nSPS) is 11.7. The third kappa shape index (κ3) is 5.68. The van der Waals surface area contributed by atoms with Gasteiger partial charge in [-0.2, -0.15) is 0 Å². The summed E-state index contributed by atoms with van der Waals surface area (Å²) in [7, 11) is 0. The molecule has 2 aromatic carbocycles. The molecule has 0 aliphatic carbocycles. The highest BCUT2D eigenvalue weighted by atomic mass is 16.6. The van der Waals surface area contributed by atoms with Crippen LogP contribution < -0.4 is 0 Å². The van der Waals surface area contributed by atoms with Gasteiger partial charge in [0.1, 0.15) is 5.60 Å². The predicted octanol–water partition coefficient (Wildman–Crippen LogP) is 4.95. The lowest BCUT2D eigenvalue weighted by Crippen LogP contribution is -2.22. The Labute approximate surface area is 160 Å². The summed E-state index contributed by atoms with van der Waals surface area (Å²) in [5.74, 6) is -0.338. The topological polar surface area (TPSA) is 44.1 Å². The summed E-state index contributed by atoms with van der Waals surface area (Å²) in [5.41, 5.74) is 3.67. The summed E-state index contributed by atoms with van der Waals surface area (Å²) in [6.07, 6.45) is 7.13. The van der Waals surface area contributed by atoms with Gasteiger partial charge in [0.15, 0.2) is 0 Å². The van der Waals surface area contributed by atoms with Crippen LogP contribution in [0.25, 0.3) is 17.3 Å². The van der Waals surface area contributed by atoms with Gasteiger partial charge in [0.25, 0.3) is 0 Å². The van der Waals surface area contributed by atoms with Crippen LogP contribution in [-0.2, 0) is 16.1 Å². The average Bonchev–Trinajstić information content (AvgIpc) is 3.08. The first kappa shape index (κ1) is 18.6. The molecule has 4 nitrogen and oxygen atoms in total. The van der Waals surface area contributed by atoms with Crippen LogP contribution >= 0.6 is 0 Å². The van der Waals surface area contributed by atoms with E-state index in [1.807, 2.05) is 63.6 Å². The van der Waals surface area contributed by atoms with Crippen LogP contribution in [0.5, 0.6) is 0 Å². The Morgan fingerprint density at radius 2 is 1.89 bits per heavy atom. The molecule has 4 heteroatoms. The van der Waals surface area contributed by atoms with E-state index in [0.29, 0.717) is 6.54 Å². The lowest BCUT2D eigenvalue weighted by molar-refractivity contribution is -0.148. The highest BCUT2D eigenvalue weighted by Crippen LogP contribution is 2.17. The molecule has 3 rings (SSSR count). The molecule has 0 atom stereocenters. The van der Waals surface area contributed by atoms with Gasteiger partial charge in [-0.15, -0.1) is 0 Å². The first-order valence-corrected chi connectivity index (χ1v) is 8.96. The van der Waals surface area contributed by atoms with Crippen molar-refractivity contribution < 1.29 is 9.53 Å². The molecular weight excluding hydrogens is 336 g/mol. The number of hydrogen-bond acceptors (Lipinski definition) is 3. The number of aromatic nitrogens is 2. The van der Waals surface area contributed by atoms with E-state index in [4.69, 9.17) is 4.74 Å². The van der Waals surface area contributed by atoms with Crippen LogP contribution in [0.1, 0.15) is 31.9 Å². The second-order valence-corrected chi connectivity index (χ2v) is 7.41. The molecule has 0 fully saturated rings. The zero-order valence-electron chi connectivity index (χ0n) is 15.9. The molecule has 0 saturated heterocycles. The SMILES string of the molecule is CC(C)(C)OC(=O)/C=C/c1cccc(Cn2cnc(-c3ccccc3)c2)c1. The molecule has 27 heavy (non-hydrogen) atoms. The monoisotopic (exact) mass is 360 g/mol. The Kier molecular flexibility index (Phi) is 5.55. The minimum Gasteiger partial charge on any atom is -0.457 e. The summed E-state index contributed by atoms with van der Waals surface area (Å²) in [4.78, 5) is 16.3. The molecule has 0 bridgehead atoms. The van der Waals surface area contributed by atoms with Gasteiger partial charge in [-0.1, -0.05) is 48.5 Å². The van der Waals surface area contributed by atoms with E-state index < -0.39 is 5.60 Å². The zero-order valence-corrected chi connectivity index (χ0v) is 15.9. The average molecular weight is 360 g/mol. The first-order valence-electron chi connectivity index (χ1n) is 8.96. The van der Waals surface area contributed by atoms with Crippen molar-refractivity contribution in [2.75, 3.05) is 0 Å². The van der Waals surface area contributed by atoms with Gasteiger partial charge >= 0.3 is 5.97 Å². The summed E-state index contributed by atoms with van der Waals surface area (Å²) < 4.78 is 7.35. The van der Waals surface area contributed by atoms with Crippen LogP contribution in [0.15, 0.2) is 73.2 Å². The molecule has 0 amide bonds. The summed E-state index contributed by atoms with van der Waals surface area (Å²) >= 11 is 0. The highest BCUT2D eigenvalue weighted by Gasteiger charge is 2.13. The molecule has 0 unspecified atom stereocenters. The molecular formula is C23H24N2O2. The van der Waals surface area contributed by atoms with Crippen LogP contribution in [0.2, 0.25) is 0 Å². The minimum atomic E-state index is -0.485. The van der Waals surface area contributed by atoms with Crippen LogP contribution in [0.3, 0.4) is 0 Å². The van der Waals surface area contributed by atoms with E-state index >= 15 is 0 Å². The summed E-state index contributed by atoms with van der Waals surface area (Å²) in [5, 5.41) is 0. The lowest BCUT2D eigenvalue weighted by atomic mass is 10.1. The van der Waals surface area contributed by atoms with E-state index in [0.717, 1.165) is 22.4 Å². The third-order valence-corrected chi connectivity index (χ3v) is 3.84. The second kappa shape index (κ2) is 8.04. The molecule has 138 valence electrons. The minimum absolute atomic E-state index is 0.338.